The van der Waals surface area contributed by atoms with E-state index in [1.807, 2.05) is 6.08 Å². The molecule has 0 aliphatic rings. The van der Waals surface area contributed by atoms with Gasteiger partial charge in [0.25, 0.3) is 0 Å². The van der Waals surface area contributed by atoms with Gasteiger partial charge in [0.1, 0.15) is 0 Å². The van der Waals surface area contributed by atoms with Crippen LogP contribution >= 0.6 is 0 Å². The first-order valence-corrected chi connectivity index (χ1v) is 4.74. The second-order valence-electron chi connectivity index (χ2n) is 3.06. The molecule has 0 saturated carbocycles. The van der Waals surface area contributed by atoms with E-state index in [2.05, 4.69) is 6.92 Å². The van der Waals surface area contributed by atoms with Crippen LogP contribution in [0.4, 0.5) is 0 Å². The highest BCUT2D eigenvalue weighted by Crippen LogP contribution is 2.01. The maximum atomic E-state index is 10.2. The van der Waals surface area contributed by atoms with Crippen LogP contribution in [0.25, 0.3) is 0 Å². The van der Waals surface area contributed by atoms with E-state index in [0.717, 1.165) is 12.8 Å². The van der Waals surface area contributed by atoms with Gasteiger partial charge in [-0.3, -0.25) is 0 Å². The Balaban J connectivity index is 3.35. The smallest absolute Gasteiger partial charge is 0.332 e. The predicted molar refractivity (Wildman–Crippen MR) is 51.5 cm³/mol. The number of carboxylic acids is 1. The van der Waals surface area contributed by atoms with Crippen LogP contribution in [0, 0.1) is 0 Å². The summed E-state index contributed by atoms with van der Waals surface area (Å²) >= 11 is 0. The van der Waals surface area contributed by atoms with Gasteiger partial charge in [-0.1, -0.05) is 31.9 Å². The van der Waals surface area contributed by atoms with Gasteiger partial charge in [-0.25, -0.2) is 4.79 Å². The molecule has 0 aliphatic heterocycles. The molecule has 0 aromatic heterocycles. The van der Waals surface area contributed by atoms with E-state index in [1.165, 1.54) is 12.8 Å². The van der Waals surface area contributed by atoms with Gasteiger partial charge in [0, 0.05) is 6.42 Å². The second-order valence-corrected chi connectivity index (χ2v) is 3.06. The van der Waals surface area contributed by atoms with Crippen molar-refractivity contribution >= 4 is 5.97 Å². The molecule has 0 saturated heterocycles. The monoisotopic (exact) mass is 186 g/mol. The van der Waals surface area contributed by atoms with E-state index in [1.54, 1.807) is 6.08 Å². The molecule has 0 amide bonds. The molecule has 1 atom stereocenters. The standard InChI is InChI=1S/C10H18O3/c1-2-3-4-5-6-7-8-9(11)10(12)13/h6-7,9,11H,2-5,8H2,1H3,(H,12,13)/b7-6-/t9-/m1/s1. The van der Waals surface area contributed by atoms with Crippen LogP contribution in [0.2, 0.25) is 0 Å². The number of aliphatic hydroxyl groups is 1. The van der Waals surface area contributed by atoms with Crippen molar-refractivity contribution in [3.05, 3.63) is 12.2 Å². The summed E-state index contributed by atoms with van der Waals surface area (Å²) in [7, 11) is 0. The minimum atomic E-state index is -1.25. The molecule has 3 heteroatoms. The van der Waals surface area contributed by atoms with Gasteiger partial charge in [0.2, 0.25) is 0 Å². The molecule has 0 spiro atoms. The number of hydrogen-bond donors (Lipinski definition) is 2. The van der Waals surface area contributed by atoms with E-state index >= 15 is 0 Å². The normalized spacial score (nSPS) is 13.4. The highest BCUT2D eigenvalue weighted by atomic mass is 16.4. The first-order valence-electron chi connectivity index (χ1n) is 4.74. The Morgan fingerprint density at radius 1 is 1.38 bits per heavy atom. The van der Waals surface area contributed by atoms with Crippen molar-refractivity contribution in [3.63, 3.8) is 0 Å². The average Bonchev–Trinajstić information content (AvgIpc) is 2.10. The summed E-state index contributed by atoms with van der Waals surface area (Å²) in [6, 6.07) is 0. The lowest BCUT2D eigenvalue weighted by atomic mass is 10.2. The van der Waals surface area contributed by atoms with E-state index in [0.29, 0.717) is 0 Å². The number of carboxylic acid groups (broad SMARTS) is 1. The van der Waals surface area contributed by atoms with E-state index in [4.69, 9.17) is 10.2 Å². The fourth-order valence-electron chi connectivity index (χ4n) is 0.956. The average molecular weight is 186 g/mol. The fourth-order valence-corrected chi connectivity index (χ4v) is 0.956. The lowest BCUT2D eigenvalue weighted by Crippen LogP contribution is -2.17. The Hall–Kier alpha value is -0.830. The molecule has 0 rings (SSSR count). The van der Waals surface area contributed by atoms with Crippen LogP contribution in [0.15, 0.2) is 12.2 Å². The largest absolute Gasteiger partial charge is 0.479 e. The third-order valence-corrected chi connectivity index (χ3v) is 1.79. The molecule has 0 bridgehead atoms. The summed E-state index contributed by atoms with van der Waals surface area (Å²) in [4.78, 5) is 10.2. The maximum Gasteiger partial charge on any atom is 0.332 e. The molecule has 0 heterocycles. The van der Waals surface area contributed by atoms with Crippen LogP contribution in [0.1, 0.15) is 39.0 Å². The minimum Gasteiger partial charge on any atom is -0.479 e. The van der Waals surface area contributed by atoms with Gasteiger partial charge in [-0.2, -0.15) is 0 Å². The lowest BCUT2D eigenvalue weighted by molar-refractivity contribution is -0.146. The Bertz CT molecular complexity index is 164. The van der Waals surface area contributed by atoms with Crippen molar-refractivity contribution in [2.75, 3.05) is 0 Å². The third kappa shape index (κ3) is 7.53. The van der Waals surface area contributed by atoms with Crippen LogP contribution < -0.4 is 0 Å². The fraction of sp³-hybridized carbons (Fsp3) is 0.700. The molecule has 0 fully saturated rings. The minimum absolute atomic E-state index is 0.210. The van der Waals surface area contributed by atoms with Crippen molar-refractivity contribution in [3.8, 4) is 0 Å². The van der Waals surface area contributed by atoms with Crippen LogP contribution in [-0.4, -0.2) is 22.3 Å². The predicted octanol–water partition coefficient (Wildman–Crippen LogP) is 1.96. The van der Waals surface area contributed by atoms with Gasteiger partial charge in [0.05, 0.1) is 0 Å². The topological polar surface area (TPSA) is 57.5 Å². The molecule has 0 aromatic carbocycles. The second kappa shape index (κ2) is 7.80. The summed E-state index contributed by atoms with van der Waals surface area (Å²) in [5.74, 6) is -1.15. The van der Waals surface area contributed by atoms with Crippen LogP contribution in [-0.2, 0) is 4.79 Å². The maximum absolute atomic E-state index is 10.2. The van der Waals surface area contributed by atoms with Gasteiger partial charge >= 0.3 is 5.97 Å². The molecular weight excluding hydrogens is 168 g/mol. The molecule has 2 N–H and O–H groups in total. The molecular formula is C10H18O3. The number of unbranched alkanes of at least 4 members (excludes halogenated alkanes) is 3. The van der Waals surface area contributed by atoms with Crippen LogP contribution in [0.5, 0.6) is 0 Å². The molecule has 13 heavy (non-hydrogen) atoms. The Labute approximate surface area is 79.1 Å². The van der Waals surface area contributed by atoms with Gasteiger partial charge in [-0.15, -0.1) is 0 Å². The summed E-state index contributed by atoms with van der Waals surface area (Å²) in [6.07, 6.45) is 7.12. The highest BCUT2D eigenvalue weighted by Gasteiger charge is 2.09. The van der Waals surface area contributed by atoms with Crippen molar-refractivity contribution in [2.45, 2.75) is 45.1 Å². The Morgan fingerprint density at radius 2 is 2.08 bits per heavy atom. The highest BCUT2D eigenvalue weighted by molar-refractivity contribution is 5.72. The number of allylic oxidation sites excluding steroid dienone is 1. The first-order chi connectivity index (χ1) is 6.18. The summed E-state index contributed by atoms with van der Waals surface area (Å²) < 4.78 is 0. The lowest BCUT2D eigenvalue weighted by Gasteiger charge is -1.99. The number of rotatable bonds is 7. The molecule has 3 nitrogen and oxygen atoms in total. The van der Waals surface area contributed by atoms with Crippen molar-refractivity contribution in [1.29, 1.82) is 0 Å². The van der Waals surface area contributed by atoms with Crippen molar-refractivity contribution < 1.29 is 15.0 Å². The van der Waals surface area contributed by atoms with E-state index in [9.17, 15) is 4.79 Å². The molecule has 0 aromatic rings. The number of hydrogen-bond acceptors (Lipinski definition) is 2. The zero-order chi connectivity index (χ0) is 10.1. The number of aliphatic carboxylic acids is 1. The molecule has 0 aliphatic carbocycles. The molecule has 0 unspecified atom stereocenters. The van der Waals surface area contributed by atoms with Crippen LogP contribution in [0.3, 0.4) is 0 Å². The third-order valence-electron chi connectivity index (χ3n) is 1.79. The zero-order valence-electron chi connectivity index (χ0n) is 8.07. The Morgan fingerprint density at radius 3 is 2.62 bits per heavy atom. The van der Waals surface area contributed by atoms with Gasteiger partial charge in [0.15, 0.2) is 6.10 Å². The van der Waals surface area contributed by atoms with Gasteiger partial charge < -0.3 is 10.2 Å². The van der Waals surface area contributed by atoms with Crippen molar-refractivity contribution in [1.82, 2.24) is 0 Å². The number of carbonyl (C=O) groups is 1. The molecule has 76 valence electrons. The Kier molecular flexibility index (Phi) is 7.30. The van der Waals surface area contributed by atoms with Crippen molar-refractivity contribution in [2.24, 2.45) is 0 Å². The van der Waals surface area contributed by atoms with E-state index in [-0.39, 0.29) is 6.42 Å². The summed E-state index contributed by atoms with van der Waals surface area (Å²) in [5, 5.41) is 17.2. The summed E-state index contributed by atoms with van der Waals surface area (Å²) in [6.45, 7) is 2.14. The first kappa shape index (κ1) is 12.2. The molecule has 0 radical (unpaired) electrons. The number of aliphatic hydroxyl groups excluding tert-OH is 1. The SMILES string of the molecule is CCCCC/C=C\C[C@@H](O)C(=O)O. The van der Waals surface area contributed by atoms with Gasteiger partial charge in [-0.05, 0) is 12.8 Å². The zero-order valence-corrected chi connectivity index (χ0v) is 8.07. The van der Waals surface area contributed by atoms with E-state index < -0.39 is 12.1 Å². The quantitative estimate of drug-likeness (QED) is 0.472. The summed E-state index contributed by atoms with van der Waals surface area (Å²) in [5.41, 5.74) is 0.